The van der Waals surface area contributed by atoms with Gasteiger partial charge in [0.25, 0.3) is 0 Å². The van der Waals surface area contributed by atoms with Gasteiger partial charge in [0.2, 0.25) is 0 Å². The number of anilines is 1. The van der Waals surface area contributed by atoms with E-state index < -0.39 is 0 Å². The van der Waals surface area contributed by atoms with Gasteiger partial charge in [0.15, 0.2) is 0 Å². The van der Waals surface area contributed by atoms with Gasteiger partial charge in [-0.05, 0) is 73.9 Å². The molecule has 2 aliphatic rings. The number of hydrazone groups is 1. The number of nitrogens with zero attached hydrogens (tertiary/aromatic N) is 4. The molecular weight excluding hydrogens is 610 g/mol. The van der Waals surface area contributed by atoms with Gasteiger partial charge >= 0.3 is 0 Å². The smallest absolute Gasteiger partial charge is 0.100 e. The summed E-state index contributed by atoms with van der Waals surface area (Å²) in [7, 11) is 0. The molecule has 236 valence electrons. The van der Waals surface area contributed by atoms with Gasteiger partial charge in [-0.2, -0.15) is 10.2 Å². The summed E-state index contributed by atoms with van der Waals surface area (Å²) < 4.78 is 0. The SMILES string of the molecule is Clc1ccc2c(NN=C3CCCc4ccccc43)ccnc2c1.c1ccc(C(=NN=C2CCCc3ccccc32)c2ccccc2)cc1. The van der Waals surface area contributed by atoms with Gasteiger partial charge in [0, 0.05) is 38.9 Å². The van der Waals surface area contributed by atoms with Crippen molar-refractivity contribution in [1.29, 1.82) is 0 Å². The molecule has 8 rings (SSSR count). The van der Waals surface area contributed by atoms with Crippen molar-refractivity contribution < 1.29 is 0 Å². The average molecular weight is 646 g/mol. The summed E-state index contributed by atoms with van der Waals surface area (Å²) in [6, 6.07) is 45.2. The Morgan fingerprint density at radius 1 is 0.604 bits per heavy atom. The van der Waals surface area contributed by atoms with Crippen LogP contribution in [0.2, 0.25) is 5.02 Å². The molecule has 6 aromatic rings. The van der Waals surface area contributed by atoms with Gasteiger partial charge in [0.05, 0.1) is 22.6 Å². The van der Waals surface area contributed by atoms with Crippen LogP contribution >= 0.6 is 11.6 Å². The monoisotopic (exact) mass is 645 g/mol. The molecule has 2 aliphatic carbocycles. The molecule has 5 nitrogen and oxygen atoms in total. The van der Waals surface area contributed by atoms with E-state index in [-0.39, 0.29) is 0 Å². The molecule has 0 amide bonds. The minimum atomic E-state index is 0.690. The lowest BCUT2D eigenvalue weighted by atomic mass is 9.90. The maximum Gasteiger partial charge on any atom is 0.100 e. The van der Waals surface area contributed by atoms with E-state index in [1.165, 1.54) is 22.3 Å². The fourth-order valence-electron chi connectivity index (χ4n) is 6.35. The first-order valence-corrected chi connectivity index (χ1v) is 16.9. The summed E-state index contributed by atoms with van der Waals surface area (Å²) in [6.07, 6.45) is 8.29. The zero-order valence-electron chi connectivity index (χ0n) is 26.7. The maximum atomic E-state index is 6.04. The van der Waals surface area contributed by atoms with Crippen LogP contribution in [0.3, 0.4) is 0 Å². The first kappa shape index (κ1) is 31.2. The van der Waals surface area contributed by atoms with Crippen molar-refractivity contribution in [3.63, 3.8) is 0 Å². The molecule has 5 aromatic carbocycles. The topological polar surface area (TPSA) is 62.0 Å². The number of hydrogen-bond acceptors (Lipinski definition) is 5. The molecule has 48 heavy (non-hydrogen) atoms. The van der Waals surface area contributed by atoms with Crippen LogP contribution in [-0.4, -0.2) is 22.1 Å². The molecule has 0 atom stereocenters. The summed E-state index contributed by atoms with van der Waals surface area (Å²) in [5.41, 5.74) is 15.6. The highest BCUT2D eigenvalue weighted by atomic mass is 35.5. The van der Waals surface area contributed by atoms with Gasteiger partial charge in [-0.25, -0.2) is 0 Å². The zero-order chi connectivity index (χ0) is 32.5. The van der Waals surface area contributed by atoms with Crippen molar-refractivity contribution in [3.05, 3.63) is 178 Å². The van der Waals surface area contributed by atoms with Crippen molar-refractivity contribution in [2.24, 2.45) is 15.3 Å². The summed E-state index contributed by atoms with van der Waals surface area (Å²) in [6.45, 7) is 0. The Morgan fingerprint density at radius 2 is 1.19 bits per heavy atom. The number of hydrogen-bond donors (Lipinski definition) is 1. The van der Waals surface area contributed by atoms with Gasteiger partial charge < -0.3 is 0 Å². The maximum absolute atomic E-state index is 6.04. The number of nitrogens with one attached hydrogen (secondary N) is 1. The van der Waals surface area contributed by atoms with Crippen molar-refractivity contribution >= 4 is 45.3 Å². The standard InChI is InChI=1S/C23H20N2.C19H16ClN3/c1-3-11-19(12-4-1)23(20-13-5-2-6-14-20)25-24-22-17-9-15-18-10-7-8-16-21(18)22;20-14-8-9-16-18(10-11-21-19(16)12-14)23-22-17-7-3-5-13-4-1-2-6-15(13)17/h1-8,10-14,16H,9,15,17H2;1-2,4,6,8-12H,3,5,7H2,(H,21,23). The molecule has 1 aromatic heterocycles. The summed E-state index contributed by atoms with van der Waals surface area (Å²) in [4.78, 5) is 4.36. The molecule has 0 aliphatic heterocycles. The first-order valence-electron chi connectivity index (χ1n) is 16.5. The van der Waals surface area contributed by atoms with E-state index in [0.29, 0.717) is 5.02 Å². The lowest BCUT2D eigenvalue weighted by Gasteiger charge is -2.17. The van der Waals surface area contributed by atoms with E-state index in [2.05, 4.69) is 93.4 Å². The number of pyridine rings is 1. The highest BCUT2D eigenvalue weighted by molar-refractivity contribution is 6.31. The molecule has 0 radical (unpaired) electrons. The minimum absolute atomic E-state index is 0.690. The third kappa shape index (κ3) is 7.27. The first-order chi connectivity index (χ1) is 23.7. The molecule has 0 saturated carbocycles. The van der Waals surface area contributed by atoms with Crippen LogP contribution < -0.4 is 5.43 Å². The lowest BCUT2D eigenvalue weighted by molar-refractivity contribution is 0.835. The Hall–Kier alpha value is -5.39. The fourth-order valence-corrected chi connectivity index (χ4v) is 6.52. The Balaban J connectivity index is 0.000000152. The van der Waals surface area contributed by atoms with Crippen molar-refractivity contribution in [1.82, 2.24) is 4.98 Å². The van der Waals surface area contributed by atoms with Crippen LogP contribution in [0.1, 0.15) is 59.1 Å². The molecule has 0 saturated heterocycles. The largest absolute Gasteiger partial charge is 0.277 e. The van der Waals surface area contributed by atoms with Crippen molar-refractivity contribution in [2.45, 2.75) is 38.5 Å². The van der Waals surface area contributed by atoms with E-state index in [1.807, 2.05) is 60.7 Å². The molecule has 0 bridgehead atoms. The number of aromatic nitrogens is 1. The van der Waals surface area contributed by atoms with E-state index >= 15 is 0 Å². The number of halogens is 1. The van der Waals surface area contributed by atoms with Crippen molar-refractivity contribution in [3.8, 4) is 0 Å². The van der Waals surface area contributed by atoms with Crippen LogP contribution in [0.25, 0.3) is 10.9 Å². The Bertz CT molecular complexity index is 2080. The average Bonchev–Trinajstić information content (AvgIpc) is 3.15. The molecular formula is C42H36ClN5. The van der Waals surface area contributed by atoms with Gasteiger partial charge in [-0.15, -0.1) is 5.10 Å². The molecule has 0 spiro atoms. The Kier molecular flexibility index (Phi) is 9.76. The predicted molar refractivity (Wildman–Crippen MR) is 201 cm³/mol. The van der Waals surface area contributed by atoms with Crippen LogP contribution in [0.15, 0.2) is 155 Å². The number of aryl methyl sites for hydroxylation is 2. The molecule has 6 heteroatoms. The second kappa shape index (κ2) is 15.0. The van der Waals surface area contributed by atoms with E-state index in [4.69, 9.17) is 16.7 Å². The summed E-state index contributed by atoms with van der Waals surface area (Å²) >= 11 is 6.04. The molecule has 1 heterocycles. The number of rotatable bonds is 5. The number of benzene rings is 5. The minimum Gasteiger partial charge on any atom is -0.277 e. The van der Waals surface area contributed by atoms with Crippen molar-refractivity contribution in [2.75, 3.05) is 5.43 Å². The van der Waals surface area contributed by atoms with E-state index in [9.17, 15) is 0 Å². The van der Waals surface area contributed by atoms with Gasteiger partial charge in [-0.1, -0.05) is 121 Å². The van der Waals surface area contributed by atoms with E-state index in [1.54, 1.807) is 6.20 Å². The molecule has 0 unspecified atom stereocenters. The zero-order valence-corrected chi connectivity index (χ0v) is 27.4. The third-order valence-corrected chi connectivity index (χ3v) is 8.99. The molecule has 0 fully saturated rings. The highest BCUT2D eigenvalue weighted by Crippen LogP contribution is 2.26. The fraction of sp³-hybridized carbons (Fsp3) is 0.143. The summed E-state index contributed by atoms with van der Waals surface area (Å²) in [5, 5.41) is 15.8. The third-order valence-electron chi connectivity index (χ3n) is 8.76. The quantitative estimate of drug-likeness (QED) is 0.150. The second-order valence-corrected chi connectivity index (χ2v) is 12.4. The number of fused-ring (bicyclic) bond motifs is 3. The molecule has 1 N–H and O–H groups in total. The Labute approximate surface area is 286 Å². The highest BCUT2D eigenvalue weighted by Gasteiger charge is 2.16. The summed E-state index contributed by atoms with van der Waals surface area (Å²) in [5.74, 6) is 0. The lowest BCUT2D eigenvalue weighted by Crippen LogP contribution is -2.13. The van der Waals surface area contributed by atoms with Gasteiger partial charge in [-0.3, -0.25) is 10.4 Å². The predicted octanol–water partition coefficient (Wildman–Crippen LogP) is 10.3. The van der Waals surface area contributed by atoms with Crippen LogP contribution in [-0.2, 0) is 12.8 Å². The van der Waals surface area contributed by atoms with Crippen LogP contribution in [0.4, 0.5) is 5.69 Å². The normalized spacial score (nSPS) is 15.2. The second-order valence-electron chi connectivity index (χ2n) is 11.9. The van der Waals surface area contributed by atoms with E-state index in [0.717, 1.165) is 83.4 Å². The van der Waals surface area contributed by atoms with Gasteiger partial charge in [0.1, 0.15) is 5.71 Å². The Morgan fingerprint density at radius 3 is 1.85 bits per heavy atom. The van der Waals surface area contributed by atoms with Crippen LogP contribution in [0, 0.1) is 0 Å². The van der Waals surface area contributed by atoms with Crippen LogP contribution in [0.5, 0.6) is 0 Å².